The molecule has 3 atom stereocenters. The van der Waals surface area contributed by atoms with Crippen LogP contribution in [0.5, 0.6) is 0 Å². The summed E-state index contributed by atoms with van der Waals surface area (Å²) in [7, 11) is -1.82. The van der Waals surface area contributed by atoms with Gasteiger partial charge in [-0.25, -0.2) is 0 Å². The van der Waals surface area contributed by atoms with Gasteiger partial charge in [0.1, 0.15) is 0 Å². The third-order valence-corrected chi connectivity index (χ3v) is 1.58. The molecule has 0 spiro atoms. The van der Waals surface area contributed by atoms with E-state index in [-0.39, 0.29) is 49.4 Å². The van der Waals surface area contributed by atoms with Gasteiger partial charge in [0.15, 0.2) is 0 Å². The molecule has 6 nitrogen and oxygen atoms in total. The molecule has 0 aromatic heterocycles. The van der Waals surface area contributed by atoms with E-state index in [4.69, 9.17) is 29.3 Å². The summed E-state index contributed by atoms with van der Waals surface area (Å²) in [5.74, 6) is 0. The number of aliphatic hydroxyl groups excluding tert-OH is 3. The van der Waals surface area contributed by atoms with Gasteiger partial charge in [-0.2, -0.15) is 0 Å². The van der Waals surface area contributed by atoms with Gasteiger partial charge in [-0.1, -0.05) is 0 Å². The van der Waals surface area contributed by atoms with Crippen LogP contribution in [0, 0.1) is 0 Å². The summed E-state index contributed by atoms with van der Waals surface area (Å²) in [6, 6.07) is 0. The molecule has 0 amide bonds. The summed E-state index contributed by atoms with van der Waals surface area (Å²) >= 11 is 0. The Morgan fingerprint density at radius 3 is 1.18 bits per heavy atom. The van der Waals surface area contributed by atoms with E-state index in [1.165, 1.54) is 0 Å². The summed E-state index contributed by atoms with van der Waals surface area (Å²) in [6.07, 6.45) is -1.83. The van der Waals surface area contributed by atoms with Crippen molar-refractivity contribution < 1.29 is 58.8 Å². The second-order valence-corrected chi connectivity index (χ2v) is 4.01. The molecule has 98 valence electrons. The first-order chi connectivity index (χ1) is 7.41. The van der Waals surface area contributed by atoms with Crippen LogP contribution >= 0.6 is 0 Å². The maximum absolute atomic E-state index is 9.03. The van der Waals surface area contributed by atoms with Gasteiger partial charge in [-0.05, 0) is 20.8 Å². The van der Waals surface area contributed by atoms with Gasteiger partial charge < -0.3 is 29.3 Å². The summed E-state index contributed by atoms with van der Waals surface area (Å²) in [5.41, 5.74) is 0. The maximum Gasteiger partial charge on any atom is 1.00 e. The first kappa shape index (κ1) is 20.1. The largest absolute Gasteiger partial charge is 1.00 e. The molecule has 0 aromatic rings. The van der Waals surface area contributed by atoms with Crippen LogP contribution in [0.1, 0.15) is 20.8 Å². The monoisotopic (exact) mass is 260 g/mol. The Morgan fingerprint density at radius 2 is 1.00 bits per heavy atom. The van der Waals surface area contributed by atoms with E-state index in [1.807, 2.05) is 0 Å². The third-order valence-electron chi connectivity index (χ3n) is 1.58. The molecule has 8 heteroatoms. The van der Waals surface area contributed by atoms with Gasteiger partial charge >= 0.3 is 36.9 Å². The van der Waals surface area contributed by atoms with Gasteiger partial charge in [0.25, 0.3) is 0 Å². The molecule has 0 saturated heterocycles. The summed E-state index contributed by atoms with van der Waals surface area (Å²) in [4.78, 5) is 0. The van der Waals surface area contributed by atoms with Gasteiger partial charge in [0.05, 0.1) is 18.3 Å². The van der Waals surface area contributed by atoms with E-state index < -0.39 is 25.6 Å². The Bertz CT molecular complexity index is 141. The van der Waals surface area contributed by atoms with Crippen molar-refractivity contribution in [1.29, 1.82) is 0 Å². The van der Waals surface area contributed by atoms with Crippen LogP contribution < -0.4 is 29.6 Å². The molecule has 3 unspecified atom stereocenters. The van der Waals surface area contributed by atoms with Gasteiger partial charge in [0, 0.05) is 19.8 Å². The van der Waals surface area contributed by atoms with Crippen LogP contribution in [0.3, 0.4) is 0 Å². The number of aliphatic hydroxyl groups is 3. The normalized spacial score (nSPS) is 18.0. The van der Waals surface area contributed by atoms with Crippen LogP contribution in [0.2, 0.25) is 0 Å². The molecule has 0 aliphatic heterocycles. The first-order valence-corrected chi connectivity index (χ1v) is 5.46. The molecular formula is C9H22BNaO6. The average Bonchev–Trinajstić information content (AvgIpc) is 2.15. The van der Waals surface area contributed by atoms with Crippen molar-refractivity contribution >= 4 is 7.32 Å². The zero-order valence-electron chi connectivity index (χ0n) is 11.1. The van der Waals surface area contributed by atoms with Crippen molar-refractivity contribution in [3.8, 4) is 0 Å². The Balaban J connectivity index is 0. The van der Waals surface area contributed by atoms with Crippen molar-refractivity contribution in [3.63, 3.8) is 0 Å². The van der Waals surface area contributed by atoms with Crippen LogP contribution in [-0.2, 0) is 14.0 Å². The van der Waals surface area contributed by atoms with Gasteiger partial charge in [-0.15, -0.1) is 0 Å². The van der Waals surface area contributed by atoms with Crippen molar-refractivity contribution in [1.82, 2.24) is 0 Å². The Kier molecular flexibility index (Phi) is 14.1. The molecule has 0 aliphatic rings. The van der Waals surface area contributed by atoms with Gasteiger partial charge in [0.2, 0.25) is 0 Å². The second-order valence-electron chi connectivity index (χ2n) is 4.01. The fourth-order valence-electron chi connectivity index (χ4n) is 0.977. The van der Waals surface area contributed by atoms with E-state index in [0.29, 0.717) is 0 Å². The fourth-order valence-corrected chi connectivity index (χ4v) is 0.977. The van der Waals surface area contributed by atoms with Crippen molar-refractivity contribution in [3.05, 3.63) is 0 Å². The van der Waals surface area contributed by atoms with Crippen molar-refractivity contribution in [2.75, 3.05) is 19.8 Å². The minimum absolute atomic E-state index is 0. The Morgan fingerprint density at radius 1 is 0.765 bits per heavy atom. The molecule has 0 fully saturated rings. The summed E-state index contributed by atoms with van der Waals surface area (Å²) in [6.45, 7) is 5.04. The molecule has 17 heavy (non-hydrogen) atoms. The zero-order chi connectivity index (χ0) is 12.6. The molecule has 0 aromatic carbocycles. The smallest absolute Gasteiger partial charge is 0.545 e. The summed E-state index contributed by atoms with van der Waals surface area (Å²) < 4.78 is 15.5. The zero-order valence-corrected chi connectivity index (χ0v) is 13.1. The standard InChI is InChI=1S/C9H22BO6.Na/c1-7(11)4-14-10(15-5-8(2)12)16-6-9(3)13;/h7-13H,4-6H2,1-3H3;/q-1;+1. The van der Waals surface area contributed by atoms with Crippen molar-refractivity contribution in [2.24, 2.45) is 0 Å². The molecule has 0 rings (SSSR count). The minimum Gasteiger partial charge on any atom is -0.545 e. The predicted molar refractivity (Wildman–Crippen MR) is 60.0 cm³/mol. The van der Waals surface area contributed by atoms with Crippen molar-refractivity contribution in [2.45, 2.75) is 39.1 Å². The Hall–Kier alpha value is 0.825. The predicted octanol–water partition coefficient (Wildman–Crippen LogP) is -4.10. The quantitative estimate of drug-likeness (QED) is 0.365. The molecular weight excluding hydrogens is 238 g/mol. The van der Waals surface area contributed by atoms with E-state index in [2.05, 4.69) is 0 Å². The third kappa shape index (κ3) is 14.8. The minimum atomic E-state index is -1.82. The van der Waals surface area contributed by atoms with E-state index >= 15 is 0 Å². The van der Waals surface area contributed by atoms with Crippen LogP contribution in [0.25, 0.3) is 0 Å². The number of rotatable bonds is 9. The SMILES string of the molecule is CC(O)CO[BH-](OCC(C)O)OCC(C)O.[Na+]. The molecule has 0 bridgehead atoms. The molecule has 3 N–H and O–H groups in total. The molecule has 0 radical (unpaired) electrons. The van der Waals surface area contributed by atoms with Crippen LogP contribution in [0.4, 0.5) is 0 Å². The number of hydrogen-bond acceptors (Lipinski definition) is 6. The van der Waals surface area contributed by atoms with E-state index in [9.17, 15) is 0 Å². The van der Waals surface area contributed by atoms with E-state index in [0.717, 1.165) is 0 Å². The Labute approximate surface area is 125 Å². The van der Waals surface area contributed by atoms with Crippen LogP contribution in [0.15, 0.2) is 0 Å². The molecule has 0 saturated carbocycles. The second kappa shape index (κ2) is 11.9. The maximum atomic E-state index is 9.03. The average molecular weight is 260 g/mol. The fraction of sp³-hybridized carbons (Fsp3) is 1.00. The molecule has 0 aliphatic carbocycles. The molecule has 0 heterocycles. The topological polar surface area (TPSA) is 88.4 Å². The van der Waals surface area contributed by atoms with E-state index in [1.54, 1.807) is 20.8 Å². The van der Waals surface area contributed by atoms with Gasteiger partial charge in [-0.3, -0.25) is 0 Å². The number of hydrogen-bond donors (Lipinski definition) is 3. The first-order valence-electron chi connectivity index (χ1n) is 5.46. The summed E-state index contributed by atoms with van der Waals surface area (Å²) in [5, 5.41) is 27.1. The van der Waals surface area contributed by atoms with Crippen LogP contribution in [-0.4, -0.2) is 60.8 Å².